The highest BCUT2D eigenvalue weighted by atomic mass is 19.1. The Kier molecular flexibility index (Phi) is 3.77. The van der Waals surface area contributed by atoms with Crippen LogP contribution in [0, 0.1) is 12.7 Å². The maximum absolute atomic E-state index is 13.7. The van der Waals surface area contributed by atoms with Gasteiger partial charge in [0, 0.05) is 24.7 Å². The standard InChI is InChI=1S/C14H18FN3/c1-4-16-9-12-7-11(5-6-13(12)15)14-10(2)8-17-18(14)3/h5-8,16H,4,9H2,1-3H3. The highest BCUT2D eigenvalue weighted by Crippen LogP contribution is 2.24. The third-order valence-electron chi connectivity index (χ3n) is 3.01. The number of benzene rings is 1. The summed E-state index contributed by atoms with van der Waals surface area (Å²) in [6, 6.07) is 5.21. The van der Waals surface area contributed by atoms with Gasteiger partial charge in [-0.15, -0.1) is 0 Å². The average molecular weight is 247 g/mol. The summed E-state index contributed by atoms with van der Waals surface area (Å²) in [5.74, 6) is -0.167. The van der Waals surface area contributed by atoms with Crippen LogP contribution in [0.2, 0.25) is 0 Å². The summed E-state index contributed by atoms with van der Waals surface area (Å²) >= 11 is 0. The second-order valence-corrected chi connectivity index (χ2v) is 4.39. The molecule has 0 saturated carbocycles. The number of aromatic nitrogens is 2. The Labute approximate surface area is 107 Å². The predicted octanol–water partition coefficient (Wildman–Crippen LogP) is 2.64. The summed E-state index contributed by atoms with van der Waals surface area (Å²) in [4.78, 5) is 0. The normalized spacial score (nSPS) is 10.9. The zero-order valence-electron chi connectivity index (χ0n) is 11.0. The molecule has 0 spiro atoms. The van der Waals surface area contributed by atoms with E-state index in [2.05, 4.69) is 10.4 Å². The molecule has 0 bridgehead atoms. The molecule has 0 amide bonds. The van der Waals surface area contributed by atoms with Crippen LogP contribution in [0.4, 0.5) is 4.39 Å². The number of rotatable bonds is 4. The summed E-state index contributed by atoms with van der Waals surface area (Å²) < 4.78 is 15.5. The van der Waals surface area contributed by atoms with Crippen molar-refractivity contribution in [1.82, 2.24) is 15.1 Å². The number of nitrogens with one attached hydrogen (secondary N) is 1. The zero-order valence-corrected chi connectivity index (χ0v) is 11.0. The van der Waals surface area contributed by atoms with E-state index in [9.17, 15) is 4.39 Å². The molecule has 2 rings (SSSR count). The lowest BCUT2D eigenvalue weighted by atomic mass is 10.0. The number of hydrogen-bond donors (Lipinski definition) is 1. The molecule has 1 N–H and O–H groups in total. The highest BCUT2D eigenvalue weighted by molar-refractivity contribution is 5.63. The molecule has 0 aliphatic rings. The van der Waals surface area contributed by atoms with E-state index in [1.165, 1.54) is 6.07 Å². The van der Waals surface area contributed by atoms with Crippen LogP contribution in [-0.4, -0.2) is 16.3 Å². The predicted molar refractivity (Wildman–Crippen MR) is 70.7 cm³/mol. The molecular formula is C14H18FN3. The van der Waals surface area contributed by atoms with Crippen LogP contribution < -0.4 is 5.32 Å². The largest absolute Gasteiger partial charge is 0.313 e. The Morgan fingerprint density at radius 2 is 2.17 bits per heavy atom. The van der Waals surface area contributed by atoms with Crippen molar-refractivity contribution in [3.8, 4) is 11.3 Å². The lowest BCUT2D eigenvalue weighted by Crippen LogP contribution is -2.13. The van der Waals surface area contributed by atoms with Gasteiger partial charge < -0.3 is 5.32 Å². The molecule has 0 atom stereocenters. The molecule has 0 aliphatic carbocycles. The lowest BCUT2D eigenvalue weighted by molar-refractivity contribution is 0.593. The van der Waals surface area contributed by atoms with E-state index >= 15 is 0 Å². The molecular weight excluding hydrogens is 229 g/mol. The first-order chi connectivity index (χ1) is 8.63. The SMILES string of the molecule is CCNCc1cc(-c2c(C)cnn2C)ccc1F. The van der Waals surface area contributed by atoms with Crippen LogP contribution in [0.15, 0.2) is 24.4 Å². The van der Waals surface area contributed by atoms with Gasteiger partial charge in [0.2, 0.25) is 0 Å². The van der Waals surface area contributed by atoms with Crippen LogP contribution in [0.3, 0.4) is 0 Å². The fourth-order valence-corrected chi connectivity index (χ4v) is 2.08. The van der Waals surface area contributed by atoms with E-state index in [4.69, 9.17) is 0 Å². The molecule has 96 valence electrons. The van der Waals surface area contributed by atoms with E-state index < -0.39 is 0 Å². The minimum Gasteiger partial charge on any atom is -0.313 e. The van der Waals surface area contributed by atoms with E-state index in [1.54, 1.807) is 6.07 Å². The number of nitrogens with zero attached hydrogens (tertiary/aromatic N) is 2. The van der Waals surface area contributed by atoms with Crippen molar-refractivity contribution < 1.29 is 4.39 Å². The molecule has 18 heavy (non-hydrogen) atoms. The monoisotopic (exact) mass is 247 g/mol. The van der Waals surface area contributed by atoms with Gasteiger partial charge in [-0.05, 0) is 37.2 Å². The zero-order chi connectivity index (χ0) is 13.1. The summed E-state index contributed by atoms with van der Waals surface area (Å²) in [6.07, 6.45) is 1.82. The number of aryl methyl sites for hydroxylation is 2. The van der Waals surface area contributed by atoms with Gasteiger partial charge >= 0.3 is 0 Å². The molecule has 3 nitrogen and oxygen atoms in total. The first kappa shape index (κ1) is 12.8. The molecule has 2 aromatic rings. The Balaban J connectivity index is 2.40. The summed E-state index contributed by atoms with van der Waals surface area (Å²) in [6.45, 7) is 5.39. The number of hydrogen-bond acceptors (Lipinski definition) is 2. The number of halogens is 1. The third kappa shape index (κ3) is 2.43. The highest BCUT2D eigenvalue weighted by Gasteiger charge is 2.10. The second kappa shape index (κ2) is 5.31. The third-order valence-corrected chi connectivity index (χ3v) is 3.01. The first-order valence-corrected chi connectivity index (χ1v) is 6.11. The van der Waals surface area contributed by atoms with Gasteiger partial charge in [-0.3, -0.25) is 4.68 Å². The van der Waals surface area contributed by atoms with Crippen LogP contribution in [-0.2, 0) is 13.6 Å². The smallest absolute Gasteiger partial charge is 0.127 e. The van der Waals surface area contributed by atoms with Crippen molar-refractivity contribution in [2.75, 3.05) is 6.54 Å². The minimum absolute atomic E-state index is 0.167. The lowest BCUT2D eigenvalue weighted by Gasteiger charge is -2.09. The quantitative estimate of drug-likeness (QED) is 0.900. The van der Waals surface area contributed by atoms with Gasteiger partial charge in [0.15, 0.2) is 0 Å². The van der Waals surface area contributed by atoms with E-state index in [1.807, 2.05) is 37.8 Å². The molecule has 1 aromatic carbocycles. The minimum atomic E-state index is -0.167. The Hall–Kier alpha value is -1.68. The fourth-order valence-electron chi connectivity index (χ4n) is 2.08. The van der Waals surface area contributed by atoms with Crippen LogP contribution in [0.1, 0.15) is 18.1 Å². The molecule has 0 saturated heterocycles. The first-order valence-electron chi connectivity index (χ1n) is 6.11. The molecule has 0 unspecified atom stereocenters. The van der Waals surface area contributed by atoms with E-state index in [0.717, 1.165) is 23.4 Å². The molecule has 1 heterocycles. The van der Waals surface area contributed by atoms with Gasteiger partial charge in [0.05, 0.1) is 11.9 Å². The van der Waals surface area contributed by atoms with Crippen LogP contribution >= 0.6 is 0 Å². The van der Waals surface area contributed by atoms with Gasteiger partial charge in [-0.25, -0.2) is 4.39 Å². The Morgan fingerprint density at radius 1 is 1.39 bits per heavy atom. The van der Waals surface area contributed by atoms with Crippen molar-refractivity contribution in [1.29, 1.82) is 0 Å². The van der Waals surface area contributed by atoms with Gasteiger partial charge in [-0.1, -0.05) is 6.92 Å². The summed E-state index contributed by atoms with van der Waals surface area (Å²) in [5.41, 5.74) is 3.82. The fraction of sp³-hybridized carbons (Fsp3) is 0.357. The van der Waals surface area contributed by atoms with Gasteiger partial charge in [-0.2, -0.15) is 5.10 Å². The van der Waals surface area contributed by atoms with Crippen molar-refractivity contribution in [2.45, 2.75) is 20.4 Å². The van der Waals surface area contributed by atoms with Crippen LogP contribution in [0.5, 0.6) is 0 Å². The second-order valence-electron chi connectivity index (χ2n) is 4.39. The van der Waals surface area contributed by atoms with E-state index in [-0.39, 0.29) is 5.82 Å². The Morgan fingerprint density at radius 3 is 2.78 bits per heavy atom. The molecule has 1 aromatic heterocycles. The maximum Gasteiger partial charge on any atom is 0.127 e. The van der Waals surface area contributed by atoms with Crippen molar-refractivity contribution in [2.24, 2.45) is 7.05 Å². The Bertz CT molecular complexity index is 526. The van der Waals surface area contributed by atoms with E-state index in [0.29, 0.717) is 12.1 Å². The van der Waals surface area contributed by atoms with Gasteiger partial charge in [0.25, 0.3) is 0 Å². The van der Waals surface area contributed by atoms with Gasteiger partial charge in [0.1, 0.15) is 5.82 Å². The van der Waals surface area contributed by atoms with Crippen molar-refractivity contribution >= 4 is 0 Å². The average Bonchev–Trinajstić information content (AvgIpc) is 2.68. The molecule has 0 radical (unpaired) electrons. The summed E-state index contributed by atoms with van der Waals surface area (Å²) in [7, 11) is 1.90. The maximum atomic E-state index is 13.7. The molecule has 0 fully saturated rings. The van der Waals surface area contributed by atoms with Crippen molar-refractivity contribution in [3.05, 3.63) is 41.3 Å². The van der Waals surface area contributed by atoms with Crippen LogP contribution in [0.25, 0.3) is 11.3 Å². The topological polar surface area (TPSA) is 29.9 Å². The summed E-state index contributed by atoms with van der Waals surface area (Å²) in [5, 5.41) is 7.36. The molecule has 0 aliphatic heterocycles. The molecule has 4 heteroatoms. The van der Waals surface area contributed by atoms with Crippen molar-refractivity contribution in [3.63, 3.8) is 0 Å².